The Morgan fingerprint density at radius 2 is 2.00 bits per heavy atom. The average molecular weight is 336 g/mol. The zero-order valence-corrected chi connectivity index (χ0v) is 12.6. The van der Waals surface area contributed by atoms with Crippen LogP contribution in [-0.2, 0) is 17.9 Å². The number of aromatic nitrogens is 2. The molecule has 1 amide bonds. The number of carbonyl (C=O) groups excluding carboxylic acids is 1. The first-order chi connectivity index (χ1) is 11.0. The highest BCUT2D eigenvalue weighted by Gasteiger charge is 2.11. The van der Waals surface area contributed by atoms with Gasteiger partial charge in [-0.15, -0.1) is 0 Å². The quantitative estimate of drug-likeness (QED) is 0.795. The summed E-state index contributed by atoms with van der Waals surface area (Å²) < 4.78 is 27.9. The molecule has 118 valence electrons. The van der Waals surface area contributed by atoms with E-state index in [0.29, 0.717) is 22.6 Å². The molecule has 1 aromatic heterocycles. The summed E-state index contributed by atoms with van der Waals surface area (Å²) in [4.78, 5) is 16.0. The third kappa shape index (κ3) is 3.48. The van der Waals surface area contributed by atoms with Crippen molar-refractivity contribution in [3.05, 3.63) is 64.9 Å². The highest BCUT2D eigenvalue weighted by atomic mass is 35.5. The van der Waals surface area contributed by atoms with Crippen LogP contribution in [0.3, 0.4) is 0 Å². The molecule has 0 saturated heterocycles. The van der Waals surface area contributed by atoms with Gasteiger partial charge in [0.2, 0.25) is 5.91 Å². The molecule has 0 aliphatic heterocycles. The normalized spacial score (nSPS) is 10.9. The third-order valence-corrected chi connectivity index (χ3v) is 3.59. The van der Waals surface area contributed by atoms with Gasteiger partial charge in [0.15, 0.2) is 11.6 Å². The van der Waals surface area contributed by atoms with E-state index < -0.39 is 11.6 Å². The second-order valence-corrected chi connectivity index (χ2v) is 5.47. The first-order valence-electron chi connectivity index (χ1n) is 6.84. The van der Waals surface area contributed by atoms with Crippen LogP contribution in [0.4, 0.5) is 8.78 Å². The molecule has 0 aliphatic rings. The topological polar surface area (TPSA) is 46.9 Å². The van der Waals surface area contributed by atoms with Crippen molar-refractivity contribution in [3.63, 3.8) is 0 Å². The zero-order chi connectivity index (χ0) is 16.4. The van der Waals surface area contributed by atoms with Gasteiger partial charge in [-0.05, 0) is 17.7 Å². The maximum Gasteiger partial charge on any atom is 0.240 e. The van der Waals surface area contributed by atoms with Gasteiger partial charge >= 0.3 is 0 Å². The number of benzene rings is 2. The number of hydrogen-bond donors (Lipinski definition) is 1. The molecule has 0 saturated carbocycles. The molecule has 7 heteroatoms. The van der Waals surface area contributed by atoms with Gasteiger partial charge in [0.1, 0.15) is 6.54 Å². The largest absolute Gasteiger partial charge is 0.350 e. The van der Waals surface area contributed by atoms with E-state index in [9.17, 15) is 13.6 Å². The van der Waals surface area contributed by atoms with Crippen LogP contribution in [0.2, 0.25) is 5.02 Å². The van der Waals surface area contributed by atoms with Crippen molar-refractivity contribution in [2.75, 3.05) is 0 Å². The number of amides is 1. The Labute approximate surface area is 135 Å². The summed E-state index contributed by atoms with van der Waals surface area (Å²) in [5, 5.41) is 3.33. The van der Waals surface area contributed by atoms with Crippen LogP contribution >= 0.6 is 11.6 Å². The molecule has 1 N–H and O–H groups in total. The van der Waals surface area contributed by atoms with E-state index in [1.165, 1.54) is 10.9 Å². The monoisotopic (exact) mass is 335 g/mol. The standard InChI is InChI=1S/C16H12ClF2N3O/c17-11-3-1-2-10(4-11)7-20-16(23)8-22-9-21-14-5-12(18)13(19)6-15(14)22/h1-6,9H,7-8H2,(H,20,23). The van der Waals surface area contributed by atoms with Crippen LogP contribution in [0.5, 0.6) is 0 Å². The summed E-state index contributed by atoms with van der Waals surface area (Å²) in [5.74, 6) is -2.21. The average Bonchev–Trinajstić information content (AvgIpc) is 2.88. The zero-order valence-electron chi connectivity index (χ0n) is 11.9. The van der Waals surface area contributed by atoms with Gasteiger partial charge < -0.3 is 9.88 Å². The number of imidazole rings is 1. The van der Waals surface area contributed by atoms with Gasteiger partial charge in [-0.3, -0.25) is 4.79 Å². The number of nitrogens with zero attached hydrogens (tertiary/aromatic N) is 2. The van der Waals surface area contributed by atoms with Crippen molar-refractivity contribution in [3.8, 4) is 0 Å². The third-order valence-electron chi connectivity index (χ3n) is 3.36. The van der Waals surface area contributed by atoms with Crippen LogP contribution in [0.25, 0.3) is 11.0 Å². The summed E-state index contributed by atoms with van der Waals surface area (Å²) >= 11 is 5.88. The fourth-order valence-corrected chi connectivity index (χ4v) is 2.45. The number of halogens is 3. The molecule has 2 aromatic carbocycles. The van der Waals surface area contributed by atoms with Crippen LogP contribution in [0.15, 0.2) is 42.7 Å². The molecule has 0 atom stereocenters. The highest BCUT2D eigenvalue weighted by molar-refractivity contribution is 6.30. The molecular formula is C16H12ClF2N3O. The summed E-state index contributed by atoms with van der Waals surface area (Å²) in [5.41, 5.74) is 1.53. The Bertz CT molecular complexity index is 879. The molecule has 0 fully saturated rings. The molecule has 3 rings (SSSR count). The van der Waals surface area contributed by atoms with Crippen LogP contribution in [0, 0.1) is 11.6 Å². The fourth-order valence-electron chi connectivity index (χ4n) is 2.24. The maximum atomic E-state index is 13.3. The Morgan fingerprint density at radius 3 is 2.78 bits per heavy atom. The van der Waals surface area contributed by atoms with Crippen molar-refractivity contribution in [1.29, 1.82) is 0 Å². The van der Waals surface area contributed by atoms with Crippen LogP contribution in [0.1, 0.15) is 5.56 Å². The molecule has 0 aliphatic carbocycles. The molecule has 0 bridgehead atoms. The second-order valence-electron chi connectivity index (χ2n) is 5.03. The van der Waals surface area contributed by atoms with Crippen LogP contribution < -0.4 is 5.32 Å². The summed E-state index contributed by atoms with van der Waals surface area (Å²) in [7, 11) is 0. The van der Waals surface area contributed by atoms with E-state index in [0.717, 1.165) is 17.7 Å². The fraction of sp³-hybridized carbons (Fsp3) is 0.125. The predicted molar refractivity (Wildman–Crippen MR) is 82.9 cm³/mol. The highest BCUT2D eigenvalue weighted by Crippen LogP contribution is 2.17. The molecule has 0 radical (unpaired) electrons. The minimum atomic E-state index is -0.974. The molecule has 4 nitrogen and oxygen atoms in total. The first-order valence-corrected chi connectivity index (χ1v) is 7.22. The van der Waals surface area contributed by atoms with Gasteiger partial charge in [-0.1, -0.05) is 23.7 Å². The van der Waals surface area contributed by atoms with Crippen molar-refractivity contribution in [2.45, 2.75) is 13.1 Å². The minimum absolute atomic E-state index is 0.0395. The lowest BCUT2D eigenvalue weighted by molar-refractivity contribution is -0.121. The summed E-state index contributed by atoms with van der Waals surface area (Å²) in [6.45, 7) is 0.289. The van der Waals surface area contributed by atoms with E-state index >= 15 is 0 Å². The molecule has 0 spiro atoms. The number of rotatable bonds is 4. The van der Waals surface area contributed by atoms with Gasteiger partial charge in [0.05, 0.1) is 17.4 Å². The Balaban J connectivity index is 1.69. The van der Waals surface area contributed by atoms with Gasteiger partial charge in [0.25, 0.3) is 0 Å². The maximum absolute atomic E-state index is 13.3. The number of hydrogen-bond acceptors (Lipinski definition) is 2. The number of carbonyl (C=O) groups is 1. The van der Waals surface area contributed by atoms with Gasteiger partial charge in [0, 0.05) is 23.7 Å². The first kappa shape index (κ1) is 15.4. The lowest BCUT2D eigenvalue weighted by Gasteiger charge is -2.07. The van der Waals surface area contributed by atoms with Gasteiger partial charge in [-0.2, -0.15) is 0 Å². The summed E-state index contributed by atoms with van der Waals surface area (Å²) in [6, 6.07) is 9.18. The van der Waals surface area contributed by atoms with Crippen molar-refractivity contribution >= 4 is 28.5 Å². The molecule has 23 heavy (non-hydrogen) atoms. The Kier molecular flexibility index (Phi) is 4.25. The van der Waals surface area contributed by atoms with E-state index in [2.05, 4.69) is 10.3 Å². The Morgan fingerprint density at radius 1 is 1.22 bits per heavy atom. The second kappa shape index (κ2) is 6.34. The lowest BCUT2D eigenvalue weighted by atomic mass is 10.2. The van der Waals surface area contributed by atoms with E-state index in [4.69, 9.17) is 11.6 Å². The smallest absolute Gasteiger partial charge is 0.240 e. The predicted octanol–water partition coefficient (Wildman–Crippen LogP) is 3.28. The lowest BCUT2D eigenvalue weighted by Crippen LogP contribution is -2.26. The van der Waals surface area contributed by atoms with Gasteiger partial charge in [-0.25, -0.2) is 13.8 Å². The molecule has 3 aromatic rings. The van der Waals surface area contributed by atoms with E-state index in [-0.39, 0.29) is 12.5 Å². The Hall–Kier alpha value is -2.47. The number of fused-ring (bicyclic) bond motifs is 1. The SMILES string of the molecule is O=C(Cn1cnc2cc(F)c(F)cc21)NCc1cccc(Cl)c1. The molecule has 0 unspecified atom stereocenters. The van der Waals surface area contributed by atoms with Crippen LogP contribution in [-0.4, -0.2) is 15.5 Å². The molecular weight excluding hydrogens is 324 g/mol. The van der Waals surface area contributed by atoms with Crippen molar-refractivity contribution in [1.82, 2.24) is 14.9 Å². The number of nitrogens with one attached hydrogen (secondary N) is 1. The summed E-state index contributed by atoms with van der Waals surface area (Å²) in [6.07, 6.45) is 1.38. The van der Waals surface area contributed by atoms with Crippen molar-refractivity contribution in [2.24, 2.45) is 0 Å². The van der Waals surface area contributed by atoms with E-state index in [1.807, 2.05) is 6.07 Å². The van der Waals surface area contributed by atoms with E-state index in [1.54, 1.807) is 18.2 Å². The van der Waals surface area contributed by atoms with Crippen molar-refractivity contribution < 1.29 is 13.6 Å². The minimum Gasteiger partial charge on any atom is -0.350 e. The molecule has 1 heterocycles.